The van der Waals surface area contributed by atoms with Gasteiger partial charge in [0.2, 0.25) is 15.9 Å². The Balaban J connectivity index is 1.52. The molecule has 1 heterocycles. The molecule has 2 aromatic carbocycles. The Hall–Kier alpha value is -1.61. The van der Waals surface area contributed by atoms with E-state index in [2.05, 4.69) is 5.32 Å². The smallest absolute Gasteiger partial charge is 0.243 e. The number of rotatable bonds is 7. The van der Waals surface area contributed by atoms with Crippen LogP contribution in [0.5, 0.6) is 0 Å². The van der Waals surface area contributed by atoms with E-state index >= 15 is 0 Å². The summed E-state index contributed by atoms with van der Waals surface area (Å²) in [7, 11) is -3.51. The molecule has 0 aromatic heterocycles. The van der Waals surface area contributed by atoms with Crippen LogP contribution < -0.4 is 5.32 Å². The Morgan fingerprint density at radius 2 is 1.73 bits per heavy atom. The summed E-state index contributed by atoms with van der Waals surface area (Å²) < 4.78 is 40.9. The highest BCUT2D eigenvalue weighted by atomic mass is 35.5. The summed E-state index contributed by atoms with van der Waals surface area (Å²) in [6, 6.07) is 10.7. The fourth-order valence-corrected chi connectivity index (χ4v) is 5.72. The molecule has 1 N–H and O–H groups in total. The number of sulfonamides is 1. The summed E-state index contributed by atoms with van der Waals surface area (Å²) in [6.45, 7) is 1.10. The SMILES string of the molecule is O=C(CSCc1ccc(Cl)cc1F)Nc1ccc(S(=O)(=O)N2CCCCCC2)cc1. The highest BCUT2D eigenvalue weighted by Crippen LogP contribution is 2.23. The molecule has 0 aliphatic carbocycles. The minimum atomic E-state index is -3.51. The molecule has 3 rings (SSSR count). The van der Waals surface area contributed by atoms with Gasteiger partial charge in [0.05, 0.1) is 10.6 Å². The predicted molar refractivity (Wildman–Crippen MR) is 120 cm³/mol. The minimum absolute atomic E-state index is 0.149. The first-order valence-corrected chi connectivity index (χ1v) is 12.8. The zero-order valence-electron chi connectivity index (χ0n) is 16.4. The van der Waals surface area contributed by atoms with Crippen molar-refractivity contribution < 1.29 is 17.6 Å². The Bertz CT molecular complexity index is 976. The number of anilines is 1. The van der Waals surface area contributed by atoms with Crippen molar-refractivity contribution in [2.75, 3.05) is 24.2 Å². The van der Waals surface area contributed by atoms with E-state index < -0.39 is 15.8 Å². The Labute approximate surface area is 186 Å². The topological polar surface area (TPSA) is 66.5 Å². The third-order valence-corrected chi connectivity index (χ3v) is 7.98. The number of hydrogen-bond acceptors (Lipinski definition) is 4. The number of thioether (sulfide) groups is 1. The van der Waals surface area contributed by atoms with Crippen molar-refractivity contribution in [2.45, 2.75) is 36.3 Å². The lowest BCUT2D eigenvalue weighted by atomic mass is 10.2. The lowest BCUT2D eigenvalue weighted by Crippen LogP contribution is -2.31. The van der Waals surface area contributed by atoms with Crippen LogP contribution in [0.4, 0.5) is 10.1 Å². The Kier molecular flexibility index (Phi) is 8.16. The van der Waals surface area contributed by atoms with E-state index in [9.17, 15) is 17.6 Å². The van der Waals surface area contributed by atoms with E-state index in [1.807, 2.05) is 0 Å². The van der Waals surface area contributed by atoms with Gasteiger partial charge in [-0.1, -0.05) is 30.5 Å². The molecule has 9 heteroatoms. The number of hydrogen-bond donors (Lipinski definition) is 1. The van der Waals surface area contributed by atoms with Gasteiger partial charge in [-0.3, -0.25) is 4.79 Å². The maximum atomic E-state index is 13.8. The summed E-state index contributed by atoms with van der Waals surface area (Å²) >= 11 is 7.02. The summed E-state index contributed by atoms with van der Waals surface area (Å²) in [5, 5.41) is 3.07. The van der Waals surface area contributed by atoms with Crippen molar-refractivity contribution in [3.05, 3.63) is 58.9 Å². The molecule has 1 amide bonds. The Morgan fingerprint density at radius 3 is 2.37 bits per heavy atom. The summed E-state index contributed by atoms with van der Waals surface area (Å²) in [6.07, 6.45) is 3.87. The van der Waals surface area contributed by atoms with Gasteiger partial charge in [-0.25, -0.2) is 12.8 Å². The average molecular weight is 471 g/mol. The summed E-state index contributed by atoms with van der Waals surface area (Å²) in [4.78, 5) is 12.4. The molecule has 0 unspecified atom stereocenters. The fourth-order valence-electron chi connectivity index (χ4n) is 3.23. The second kappa shape index (κ2) is 10.6. The third kappa shape index (κ3) is 6.20. The van der Waals surface area contributed by atoms with Crippen molar-refractivity contribution in [1.82, 2.24) is 4.31 Å². The highest BCUT2D eigenvalue weighted by molar-refractivity contribution is 7.99. The molecule has 5 nitrogen and oxygen atoms in total. The van der Waals surface area contributed by atoms with E-state index in [0.717, 1.165) is 25.7 Å². The van der Waals surface area contributed by atoms with Crippen molar-refractivity contribution in [3.8, 4) is 0 Å². The van der Waals surface area contributed by atoms with Gasteiger partial charge in [0, 0.05) is 29.6 Å². The fraction of sp³-hybridized carbons (Fsp3) is 0.381. The molecule has 30 heavy (non-hydrogen) atoms. The van der Waals surface area contributed by atoms with Crippen molar-refractivity contribution in [1.29, 1.82) is 0 Å². The molecule has 1 saturated heterocycles. The van der Waals surface area contributed by atoms with E-state index in [1.165, 1.54) is 30.0 Å². The second-order valence-electron chi connectivity index (χ2n) is 7.12. The predicted octanol–water partition coefficient (Wildman–Crippen LogP) is 4.92. The first kappa shape index (κ1) is 23.1. The van der Waals surface area contributed by atoms with E-state index in [1.54, 1.807) is 28.6 Å². The van der Waals surface area contributed by atoms with Crippen LogP contribution in [0.1, 0.15) is 31.2 Å². The van der Waals surface area contributed by atoms with Gasteiger partial charge in [-0.15, -0.1) is 11.8 Å². The monoisotopic (exact) mass is 470 g/mol. The molecule has 1 fully saturated rings. The first-order chi connectivity index (χ1) is 14.4. The molecule has 1 aliphatic heterocycles. The van der Waals surface area contributed by atoms with Crippen molar-refractivity contribution in [3.63, 3.8) is 0 Å². The van der Waals surface area contributed by atoms with Crippen LogP contribution in [0, 0.1) is 5.82 Å². The largest absolute Gasteiger partial charge is 0.325 e. The molecule has 162 valence electrons. The van der Waals surface area contributed by atoms with Crippen LogP contribution in [0.15, 0.2) is 47.4 Å². The van der Waals surface area contributed by atoms with E-state index in [-0.39, 0.29) is 16.6 Å². The third-order valence-electron chi connectivity index (χ3n) is 4.85. The number of nitrogens with zero attached hydrogens (tertiary/aromatic N) is 1. The maximum Gasteiger partial charge on any atom is 0.243 e. The first-order valence-electron chi connectivity index (χ1n) is 9.78. The average Bonchev–Trinajstić information content (AvgIpc) is 3.00. The molecule has 0 radical (unpaired) electrons. The van der Waals surface area contributed by atoms with Gasteiger partial charge in [0.1, 0.15) is 5.82 Å². The number of halogens is 2. The maximum absolute atomic E-state index is 13.8. The van der Waals surface area contributed by atoms with Crippen molar-refractivity contribution in [2.24, 2.45) is 0 Å². The molecule has 0 spiro atoms. The lowest BCUT2D eigenvalue weighted by Gasteiger charge is -2.20. The van der Waals surface area contributed by atoms with Crippen LogP contribution in [0.3, 0.4) is 0 Å². The normalized spacial score (nSPS) is 15.5. The van der Waals surface area contributed by atoms with Gasteiger partial charge >= 0.3 is 0 Å². The quantitative estimate of drug-likeness (QED) is 0.624. The second-order valence-corrected chi connectivity index (χ2v) is 10.5. The zero-order valence-corrected chi connectivity index (χ0v) is 18.8. The number of carbonyl (C=O) groups is 1. The number of nitrogens with one attached hydrogen (secondary N) is 1. The summed E-state index contributed by atoms with van der Waals surface area (Å²) in [5.74, 6) is -0.131. The van der Waals surface area contributed by atoms with Crippen LogP contribution in [0.25, 0.3) is 0 Å². The standard InChI is InChI=1S/C21H24ClFN2O3S2/c22-17-6-5-16(20(23)13-17)14-29-15-21(26)24-18-7-9-19(10-8-18)30(27,28)25-11-3-1-2-4-12-25/h5-10,13H,1-4,11-12,14-15H2,(H,24,26). The molecule has 0 bridgehead atoms. The van der Waals surface area contributed by atoms with Gasteiger partial charge in [0.15, 0.2) is 0 Å². The molecule has 1 aliphatic rings. The van der Waals surface area contributed by atoms with Gasteiger partial charge < -0.3 is 5.32 Å². The molecule has 0 saturated carbocycles. The van der Waals surface area contributed by atoms with Crippen LogP contribution in [0.2, 0.25) is 5.02 Å². The van der Waals surface area contributed by atoms with E-state index in [4.69, 9.17) is 11.6 Å². The van der Waals surface area contributed by atoms with E-state index in [0.29, 0.717) is 35.1 Å². The van der Waals surface area contributed by atoms with Gasteiger partial charge in [-0.2, -0.15) is 4.31 Å². The highest BCUT2D eigenvalue weighted by Gasteiger charge is 2.24. The minimum Gasteiger partial charge on any atom is -0.325 e. The van der Waals surface area contributed by atoms with Gasteiger partial charge in [-0.05, 0) is 54.8 Å². The Morgan fingerprint density at radius 1 is 1.07 bits per heavy atom. The number of benzene rings is 2. The lowest BCUT2D eigenvalue weighted by molar-refractivity contribution is -0.113. The molecule has 0 atom stereocenters. The van der Waals surface area contributed by atoms with Crippen molar-refractivity contribution >= 4 is 45.0 Å². The number of carbonyl (C=O) groups excluding carboxylic acids is 1. The molecular formula is C21H24ClFN2O3S2. The van der Waals surface area contributed by atoms with Crippen LogP contribution >= 0.6 is 23.4 Å². The zero-order chi connectivity index (χ0) is 21.6. The van der Waals surface area contributed by atoms with Crippen LogP contribution in [-0.4, -0.2) is 37.5 Å². The van der Waals surface area contributed by atoms with Crippen LogP contribution in [-0.2, 0) is 20.6 Å². The van der Waals surface area contributed by atoms with Gasteiger partial charge in [0.25, 0.3) is 0 Å². The number of amides is 1. The molecule has 2 aromatic rings. The summed E-state index contributed by atoms with van der Waals surface area (Å²) in [5.41, 5.74) is 1.01. The molecular weight excluding hydrogens is 447 g/mol.